The van der Waals surface area contributed by atoms with Crippen molar-refractivity contribution in [3.63, 3.8) is 0 Å². The average molecular weight is 386 g/mol. The predicted molar refractivity (Wildman–Crippen MR) is 103 cm³/mol. The minimum atomic E-state index is -0.429. The Bertz CT molecular complexity index is 675. The van der Waals surface area contributed by atoms with Crippen molar-refractivity contribution >= 4 is 36.5 Å². The number of hydrogen-bond acceptors (Lipinski definition) is 4. The molecule has 6 nitrogen and oxygen atoms in total. The molecule has 1 amide bonds. The van der Waals surface area contributed by atoms with Crippen LogP contribution in [0.3, 0.4) is 0 Å². The zero-order valence-electron chi connectivity index (χ0n) is 14.2. The molecule has 1 aliphatic rings. The van der Waals surface area contributed by atoms with E-state index in [9.17, 15) is 4.79 Å². The number of carbonyl (C=O) groups excluding carboxylic acids is 1. The first-order valence-electron chi connectivity index (χ1n) is 8.07. The van der Waals surface area contributed by atoms with E-state index in [1.165, 1.54) is 0 Å². The zero-order chi connectivity index (χ0) is 16.3. The molecule has 0 saturated heterocycles. The summed E-state index contributed by atoms with van der Waals surface area (Å²) in [6, 6.07) is 5.71. The summed E-state index contributed by atoms with van der Waals surface area (Å²) < 4.78 is 1.80. The lowest BCUT2D eigenvalue weighted by Crippen LogP contribution is -2.51. The van der Waals surface area contributed by atoms with Crippen molar-refractivity contribution in [3.8, 4) is 0 Å². The van der Waals surface area contributed by atoms with E-state index in [4.69, 9.17) is 5.73 Å². The fourth-order valence-corrected chi connectivity index (χ4v) is 3.19. The summed E-state index contributed by atoms with van der Waals surface area (Å²) in [6.07, 6.45) is 9.26. The van der Waals surface area contributed by atoms with Gasteiger partial charge in [0.1, 0.15) is 0 Å². The zero-order valence-corrected chi connectivity index (χ0v) is 15.9. The fraction of sp³-hybridized carbons (Fsp3) is 0.471. The van der Waals surface area contributed by atoms with Gasteiger partial charge in [-0.3, -0.25) is 14.5 Å². The highest BCUT2D eigenvalue weighted by molar-refractivity contribution is 5.92. The van der Waals surface area contributed by atoms with Crippen LogP contribution in [0.5, 0.6) is 0 Å². The molecule has 2 aromatic heterocycles. The smallest absolute Gasteiger partial charge is 0.230 e. The Morgan fingerprint density at radius 1 is 1.32 bits per heavy atom. The van der Waals surface area contributed by atoms with Gasteiger partial charge in [0, 0.05) is 30.2 Å². The van der Waals surface area contributed by atoms with Crippen LogP contribution in [-0.2, 0) is 11.3 Å². The van der Waals surface area contributed by atoms with Gasteiger partial charge < -0.3 is 11.1 Å². The van der Waals surface area contributed by atoms with Gasteiger partial charge in [-0.1, -0.05) is 12.8 Å². The second-order valence-corrected chi connectivity index (χ2v) is 6.55. The van der Waals surface area contributed by atoms with Gasteiger partial charge in [-0.15, -0.1) is 24.8 Å². The van der Waals surface area contributed by atoms with Crippen LogP contribution < -0.4 is 11.1 Å². The van der Waals surface area contributed by atoms with Crippen molar-refractivity contribution in [1.29, 1.82) is 0 Å². The van der Waals surface area contributed by atoms with Crippen LogP contribution >= 0.6 is 24.8 Å². The van der Waals surface area contributed by atoms with Crippen LogP contribution in [0.25, 0.3) is 0 Å². The third-order valence-corrected chi connectivity index (χ3v) is 4.56. The Hall–Kier alpha value is -1.63. The highest BCUT2D eigenvalue weighted by Crippen LogP contribution is 2.32. The van der Waals surface area contributed by atoms with Crippen molar-refractivity contribution in [3.05, 3.63) is 42.4 Å². The van der Waals surface area contributed by atoms with Crippen LogP contribution in [-0.4, -0.2) is 26.2 Å². The number of rotatable bonds is 4. The lowest BCUT2D eigenvalue weighted by Gasteiger charge is -2.37. The van der Waals surface area contributed by atoms with Crippen LogP contribution in [0.1, 0.15) is 38.2 Å². The number of nitrogens with one attached hydrogen (secondary N) is 1. The Balaban J connectivity index is 0.00000156. The molecule has 2 unspecified atom stereocenters. The number of aromatic nitrogens is 3. The number of amides is 1. The van der Waals surface area contributed by atoms with Gasteiger partial charge in [-0.2, -0.15) is 5.10 Å². The molecular formula is C17H25Cl2N5O. The molecule has 0 aromatic carbocycles. The summed E-state index contributed by atoms with van der Waals surface area (Å²) in [5.74, 6) is 0.399. The largest absolute Gasteiger partial charge is 0.325 e. The molecule has 1 fully saturated rings. The van der Waals surface area contributed by atoms with E-state index >= 15 is 0 Å². The van der Waals surface area contributed by atoms with Gasteiger partial charge in [0.15, 0.2) is 5.82 Å². The normalized spacial score (nSPS) is 22.4. The van der Waals surface area contributed by atoms with E-state index in [0.29, 0.717) is 12.4 Å². The van der Waals surface area contributed by atoms with Gasteiger partial charge in [-0.05, 0) is 37.5 Å². The highest BCUT2D eigenvalue weighted by atomic mass is 35.5. The number of halogens is 2. The molecule has 0 aliphatic heterocycles. The van der Waals surface area contributed by atoms with Crippen molar-refractivity contribution in [2.75, 3.05) is 5.32 Å². The number of hydrogen-bond donors (Lipinski definition) is 2. The van der Waals surface area contributed by atoms with Gasteiger partial charge in [0.2, 0.25) is 5.91 Å². The van der Waals surface area contributed by atoms with E-state index < -0.39 is 5.54 Å². The number of nitrogens with two attached hydrogens (primary N) is 1. The van der Waals surface area contributed by atoms with E-state index in [1.54, 1.807) is 17.1 Å². The minimum absolute atomic E-state index is 0. The van der Waals surface area contributed by atoms with Crippen LogP contribution in [0.15, 0.2) is 36.8 Å². The van der Waals surface area contributed by atoms with Gasteiger partial charge >= 0.3 is 0 Å². The number of carbonyl (C=O) groups is 1. The summed E-state index contributed by atoms with van der Waals surface area (Å²) in [4.78, 5) is 16.5. The van der Waals surface area contributed by atoms with Crippen LogP contribution in [0, 0.1) is 5.92 Å². The Morgan fingerprint density at radius 2 is 2.04 bits per heavy atom. The monoisotopic (exact) mass is 385 g/mol. The summed E-state index contributed by atoms with van der Waals surface area (Å²) in [6.45, 7) is 2.62. The maximum absolute atomic E-state index is 12.5. The molecule has 0 radical (unpaired) electrons. The molecular weight excluding hydrogens is 361 g/mol. The van der Waals surface area contributed by atoms with E-state index in [-0.39, 0.29) is 36.6 Å². The van der Waals surface area contributed by atoms with Crippen molar-refractivity contribution in [2.45, 2.75) is 44.7 Å². The first-order valence-corrected chi connectivity index (χ1v) is 8.07. The van der Waals surface area contributed by atoms with E-state index in [0.717, 1.165) is 31.2 Å². The van der Waals surface area contributed by atoms with Crippen LogP contribution in [0.2, 0.25) is 0 Å². The van der Waals surface area contributed by atoms with Crippen molar-refractivity contribution in [1.82, 2.24) is 14.8 Å². The molecule has 3 rings (SSSR count). The maximum atomic E-state index is 12.5. The lowest BCUT2D eigenvalue weighted by molar-refractivity contribution is -0.122. The summed E-state index contributed by atoms with van der Waals surface area (Å²) in [5, 5.41) is 7.32. The molecule has 1 aliphatic carbocycles. The Labute approximate surface area is 160 Å². The first kappa shape index (κ1) is 21.4. The standard InChI is InChI=1S/C17H23N5O.2ClH/c1-17(18)8-3-2-4-14(17)16(23)20-15-7-11-22(21-15)12-13-5-9-19-10-6-13;;/h5-7,9-11,14H,2-4,8,12,18H2,1H3,(H,20,21,23);2*1H. The molecule has 25 heavy (non-hydrogen) atoms. The predicted octanol–water partition coefficient (Wildman–Crippen LogP) is 3.02. The van der Waals surface area contributed by atoms with Gasteiger partial charge in [0.25, 0.3) is 0 Å². The second-order valence-electron chi connectivity index (χ2n) is 6.55. The molecule has 138 valence electrons. The molecule has 2 atom stereocenters. The minimum Gasteiger partial charge on any atom is -0.325 e. The van der Waals surface area contributed by atoms with E-state index in [2.05, 4.69) is 15.4 Å². The average Bonchev–Trinajstić information content (AvgIpc) is 2.94. The third-order valence-electron chi connectivity index (χ3n) is 4.56. The number of nitrogens with zero attached hydrogens (tertiary/aromatic N) is 3. The van der Waals surface area contributed by atoms with E-state index in [1.807, 2.05) is 31.3 Å². The van der Waals surface area contributed by atoms with Crippen molar-refractivity contribution < 1.29 is 4.79 Å². The van der Waals surface area contributed by atoms with Crippen LogP contribution in [0.4, 0.5) is 5.82 Å². The second kappa shape index (κ2) is 9.17. The lowest BCUT2D eigenvalue weighted by atomic mass is 9.74. The maximum Gasteiger partial charge on any atom is 0.230 e. The molecule has 2 heterocycles. The SMILES string of the molecule is CC1(N)CCCCC1C(=O)Nc1ccn(Cc2ccncc2)n1.Cl.Cl. The molecule has 0 spiro atoms. The molecule has 8 heteroatoms. The summed E-state index contributed by atoms with van der Waals surface area (Å²) >= 11 is 0. The quantitative estimate of drug-likeness (QED) is 0.846. The fourth-order valence-electron chi connectivity index (χ4n) is 3.19. The topological polar surface area (TPSA) is 85.8 Å². The molecule has 1 saturated carbocycles. The number of anilines is 1. The highest BCUT2D eigenvalue weighted by Gasteiger charge is 2.37. The molecule has 3 N–H and O–H groups in total. The number of pyridine rings is 1. The van der Waals surface area contributed by atoms with Gasteiger partial charge in [-0.25, -0.2) is 0 Å². The Kier molecular flexibility index (Phi) is 7.86. The summed E-state index contributed by atoms with van der Waals surface area (Å²) in [5.41, 5.74) is 6.98. The first-order chi connectivity index (χ1) is 11.0. The molecule has 0 bridgehead atoms. The van der Waals surface area contributed by atoms with Crippen molar-refractivity contribution in [2.24, 2.45) is 11.7 Å². The molecule has 2 aromatic rings. The van der Waals surface area contributed by atoms with Gasteiger partial charge in [0.05, 0.1) is 12.5 Å². The summed E-state index contributed by atoms with van der Waals surface area (Å²) in [7, 11) is 0. The third kappa shape index (κ3) is 5.42. The Morgan fingerprint density at radius 3 is 2.72 bits per heavy atom.